The first-order valence-corrected chi connectivity index (χ1v) is 8.12. The minimum Gasteiger partial charge on any atom is -0.348 e. The average molecular weight is 302 g/mol. The van der Waals surface area contributed by atoms with Crippen molar-refractivity contribution in [2.45, 2.75) is 44.7 Å². The van der Waals surface area contributed by atoms with Crippen molar-refractivity contribution < 1.29 is 9.18 Å². The number of nitrogens with zero attached hydrogens (tertiary/aromatic N) is 1. The zero-order valence-electron chi connectivity index (χ0n) is 13.0. The third-order valence-electron chi connectivity index (χ3n) is 4.83. The third-order valence-corrected chi connectivity index (χ3v) is 4.83. The molecule has 2 fully saturated rings. The Morgan fingerprint density at radius 2 is 2.00 bits per heavy atom. The highest BCUT2D eigenvalue weighted by molar-refractivity contribution is 5.95. The number of fused-ring (bicyclic) bond motifs is 1. The van der Waals surface area contributed by atoms with E-state index in [2.05, 4.69) is 10.2 Å². The van der Waals surface area contributed by atoms with Crippen LogP contribution in [0.15, 0.2) is 30.3 Å². The Morgan fingerprint density at radius 3 is 2.77 bits per heavy atom. The molecule has 2 atom stereocenters. The molecule has 1 aromatic carbocycles. The van der Waals surface area contributed by atoms with E-state index in [0.717, 1.165) is 24.1 Å². The molecule has 2 aliphatic heterocycles. The summed E-state index contributed by atoms with van der Waals surface area (Å²) in [7, 11) is 0. The fourth-order valence-electron chi connectivity index (χ4n) is 3.63. The van der Waals surface area contributed by atoms with Gasteiger partial charge >= 0.3 is 0 Å². The molecule has 0 radical (unpaired) electrons. The van der Waals surface area contributed by atoms with Crippen molar-refractivity contribution in [3.05, 3.63) is 41.7 Å². The molecular weight excluding hydrogens is 279 g/mol. The SMILES string of the molecule is CC(=CC(=O)NC1CCN2CCCCC12)c1ccc(F)cc1. The van der Waals surface area contributed by atoms with E-state index in [9.17, 15) is 9.18 Å². The molecule has 0 aromatic heterocycles. The zero-order valence-corrected chi connectivity index (χ0v) is 13.0. The zero-order chi connectivity index (χ0) is 15.5. The number of hydrogen-bond donors (Lipinski definition) is 1. The van der Waals surface area contributed by atoms with Crippen molar-refractivity contribution in [2.75, 3.05) is 13.1 Å². The van der Waals surface area contributed by atoms with Crippen molar-refractivity contribution in [3.63, 3.8) is 0 Å². The summed E-state index contributed by atoms with van der Waals surface area (Å²) in [5, 5.41) is 3.16. The molecule has 0 aliphatic carbocycles. The minimum atomic E-state index is -0.260. The first-order valence-electron chi connectivity index (χ1n) is 8.12. The molecule has 4 heteroatoms. The van der Waals surface area contributed by atoms with Crippen LogP contribution in [0.25, 0.3) is 5.57 Å². The number of nitrogens with one attached hydrogen (secondary N) is 1. The largest absolute Gasteiger partial charge is 0.348 e. The fraction of sp³-hybridized carbons (Fsp3) is 0.500. The van der Waals surface area contributed by atoms with Gasteiger partial charge in [-0.15, -0.1) is 0 Å². The second-order valence-corrected chi connectivity index (χ2v) is 6.34. The van der Waals surface area contributed by atoms with E-state index in [4.69, 9.17) is 0 Å². The number of rotatable bonds is 3. The van der Waals surface area contributed by atoms with Crippen LogP contribution in [0.5, 0.6) is 0 Å². The molecule has 1 amide bonds. The van der Waals surface area contributed by atoms with Crippen LogP contribution in [0.3, 0.4) is 0 Å². The van der Waals surface area contributed by atoms with E-state index >= 15 is 0 Å². The maximum atomic E-state index is 12.9. The lowest BCUT2D eigenvalue weighted by atomic mass is 9.99. The van der Waals surface area contributed by atoms with E-state index in [1.54, 1.807) is 18.2 Å². The van der Waals surface area contributed by atoms with Crippen LogP contribution in [0.2, 0.25) is 0 Å². The predicted octanol–water partition coefficient (Wildman–Crippen LogP) is 2.97. The van der Waals surface area contributed by atoms with Crippen molar-refractivity contribution >= 4 is 11.5 Å². The van der Waals surface area contributed by atoms with Crippen LogP contribution in [-0.4, -0.2) is 36.0 Å². The van der Waals surface area contributed by atoms with Gasteiger partial charge in [-0.3, -0.25) is 9.69 Å². The number of allylic oxidation sites excluding steroid dienone is 1. The lowest BCUT2D eigenvalue weighted by molar-refractivity contribution is -0.117. The summed E-state index contributed by atoms with van der Waals surface area (Å²) >= 11 is 0. The van der Waals surface area contributed by atoms with Gasteiger partial charge in [-0.2, -0.15) is 0 Å². The lowest BCUT2D eigenvalue weighted by Gasteiger charge is -2.32. The minimum absolute atomic E-state index is 0.0424. The summed E-state index contributed by atoms with van der Waals surface area (Å²) in [5.74, 6) is -0.302. The summed E-state index contributed by atoms with van der Waals surface area (Å²) in [4.78, 5) is 14.7. The van der Waals surface area contributed by atoms with E-state index in [0.29, 0.717) is 6.04 Å². The van der Waals surface area contributed by atoms with Crippen molar-refractivity contribution in [1.29, 1.82) is 0 Å². The highest BCUT2D eigenvalue weighted by Gasteiger charge is 2.35. The van der Waals surface area contributed by atoms with E-state index in [1.807, 2.05) is 6.92 Å². The molecule has 1 N–H and O–H groups in total. The Kier molecular flexibility index (Phi) is 4.57. The molecule has 3 nitrogen and oxygen atoms in total. The van der Waals surface area contributed by atoms with Crippen molar-refractivity contribution in [2.24, 2.45) is 0 Å². The normalized spacial score (nSPS) is 25.8. The van der Waals surface area contributed by atoms with Gasteiger partial charge in [0.05, 0.1) is 0 Å². The Hall–Kier alpha value is -1.68. The van der Waals surface area contributed by atoms with Gasteiger partial charge in [-0.05, 0) is 56.0 Å². The molecule has 22 heavy (non-hydrogen) atoms. The first-order chi connectivity index (χ1) is 10.6. The number of hydrogen-bond acceptors (Lipinski definition) is 2. The molecule has 0 spiro atoms. The Bertz CT molecular complexity index is 567. The maximum Gasteiger partial charge on any atom is 0.244 e. The molecule has 2 unspecified atom stereocenters. The van der Waals surface area contributed by atoms with E-state index < -0.39 is 0 Å². The molecule has 2 aliphatic rings. The third kappa shape index (κ3) is 3.38. The molecule has 0 bridgehead atoms. The van der Waals surface area contributed by atoms with Gasteiger partial charge in [0.25, 0.3) is 0 Å². The van der Waals surface area contributed by atoms with Crippen LogP contribution in [-0.2, 0) is 4.79 Å². The first kappa shape index (κ1) is 15.2. The Balaban J connectivity index is 1.62. The van der Waals surface area contributed by atoms with Gasteiger partial charge < -0.3 is 5.32 Å². The summed E-state index contributed by atoms with van der Waals surface area (Å²) in [6.45, 7) is 4.14. The highest BCUT2D eigenvalue weighted by Crippen LogP contribution is 2.27. The van der Waals surface area contributed by atoms with Crippen LogP contribution >= 0.6 is 0 Å². The van der Waals surface area contributed by atoms with Crippen molar-refractivity contribution in [1.82, 2.24) is 10.2 Å². The molecule has 3 rings (SSSR count). The molecule has 2 heterocycles. The van der Waals surface area contributed by atoms with Gasteiger partial charge in [0.15, 0.2) is 0 Å². The molecule has 1 aromatic rings. The number of carbonyl (C=O) groups excluding carboxylic acids is 1. The van der Waals surface area contributed by atoms with E-state index in [1.165, 1.54) is 37.9 Å². The molecule has 118 valence electrons. The quantitative estimate of drug-likeness (QED) is 0.871. The summed E-state index contributed by atoms with van der Waals surface area (Å²) in [6, 6.07) is 7.02. The van der Waals surface area contributed by atoms with Crippen LogP contribution in [0, 0.1) is 5.82 Å². The van der Waals surface area contributed by atoms with Gasteiger partial charge in [0, 0.05) is 24.7 Å². The molecule has 2 saturated heterocycles. The highest BCUT2D eigenvalue weighted by atomic mass is 19.1. The lowest BCUT2D eigenvalue weighted by Crippen LogP contribution is -2.46. The number of halogens is 1. The van der Waals surface area contributed by atoms with E-state index in [-0.39, 0.29) is 17.8 Å². The van der Waals surface area contributed by atoms with Crippen molar-refractivity contribution in [3.8, 4) is 0 Å². The number of carbonyl (C=O) groups is 1. The Morgan fingerprint density at radius 1 is 1.23 bits per heavy atom. The second kappa shape index (κ2) is 6.61. The van der Waals surface area contributed by atoms with Crippen LogP contribution in [0.1, 0.15) is 38.2 Å². The smallest absolute Gasteiger partial charge is 0.244 e. The fourth-order valence-corrected chi connectivity index (χ4v) is 3.63. The molecular formula is C18H23FN2O. The topological polar surface area (TPSA) is 32.3 Å². The summed E-state index contributed by atoms with van der Waals surface area (Å²) in [6.07, 6.45) is 6.39. The van der Waals surface area contributed by atoms with Gasteiger partial charge in [0.2, 0.25) is 5.91 Å². The van der Waals surface area contributed by atoms with Gasteiger partial charge in [-0.1, -0.05) is 18.6 Å². The standard InChI is InChI=1S/C18H23FN2O/c1-13(14-5-7-15(19)8-6-14)12-18(22)20-16-9-11-21-10-3-2-4-17(16)21/h5-8,12,16-17H,2-4,9-11H2,1H3,(H,20,22). The predicted molar refractivity (Wildman–Crippen MR) is 85.8 cm³/mol. The number of benzene rings is 1. The monoisotopic (exact) mass is 302 g/mol. The maximum absolute atomic E-state index is 12.9. The van der Waals surface area contributed by atoms with Crippen LogP contribution in [0.4, 0.5) is 4.39 Å². The van der Waals surface area contributed by atoms with Crippen LogP contribution < -0.4 is 5.32 Å². The Labute approximate surface area is 131 Å². The van der Waals surface area contributed by atoms with Gasteiger partial charge in [-0.25, -0.2) is 4.39 Å². The molecule has 0 saturated carbocycles. The number of amides is 1. The van der Waals surface area contributed by atoms with Gasteiger partial charge in [0.1, 0.15) is 5.82 Å². The second-order valence-electron chi connectivity index (χ2n) is 6.34. The average Bonchev–Trinajstić information content (AvgIpc) is 2.91. The summed E-state index contributed by atoms with van der Waals surface area (Å²) < 4.78 is 12.9. The summed E-state index contributed by atoms with van der Waals surface area (Å²) in [5.41, 5.74) is 1.73. The number of piperidine rings is 1.